The molecule has 0 fully saturated rings. The van der Waals surface area contributed by atoms with Crippen molar-refractivity contribution in [3.05, 3.63) is 40.2 Å². The second-order valence-electron chi connectivity index (χ2n) is 6.16. The summed E-state index contributed by atoms with van der Waals surface area (Å²) >= 11 is 0. The van der Waals surface area contributed by atoms with E-state index in [-0.39, 0.29) is 12.5 Å². The van der Waals surface area contributed by atoms with Crippen LogP contribution in [0, 0.1) is 5.92 Å². The molecule has 1 amide bonds. The number of aliphatic carboxylic acids is 1. The maximum absolute atomic E-state index is 12.0. The smallest absolute Gasteiger partial charge is 0.336 e. The van der Waals surface area contributed by atoms with E-state index in [0.29, 0.717) is 24.2 Å². The second kappa shape index (κ2) is 8.51. The zero-order valence-electron chi connectivity index (χ0n) is 15.1. The molecule has 0 spiro atoms. The van der Waals surface area contributed by atoms with Crippen LogP contribution in [0.15, 0.2) is 33.5 Å². The molecule has 0 aliphatic carbocycles. The van der Waals surface area contributed by atoms with Crippen LogP contribution >= 0.6 is 0 Å². The lowest BCUT2D eigenvalue weighted by Gasteiger charge is -2.20. The maximum Gasteiger partial charge on any atom is 0.336 e. The molecule has 1 aromatic carbocycles. The van der Waals surface area contributed by atoms with E-state index in [4.69, 9.17) is 9.15 Å². The van der Waals surface area contributed by atoms with Crippen molar-refractivity contribution in [2.75, 3.05) is 6.61 Å². The third-order valence-electron chi connectivity index (χ3n) is 4.35. The van der Waals surface area contributed by atoms with Crippen molar-refractivity contribution in [1.29, 1.82) is 0 Å². The van der Waals surface area contributed by atoms with Crippen LogP contribution in [0.3, 0.4) is 0 Å². The Morgan fingerprint density at radius 2 is 2.00 bits per heavy atom. The molecule has 140 valence electrons. The van der Waals surface area contributed by atoms with Gasteiger partial charge in [-0.2, -0.15) is 0 Å². The summed E-state index contributed by atoms with van der Waals surface area (Å²) in [4.78, 5) is 34.8. The van der Waals surface area contributed by atoms with Crippen LogP contribution in [-0.2, 0) is 16.0 Å². The number of hydrogen-bond donors (Lipinski definition) is 2. The van der Waals surface area contributed by atoms with Crippen molar-refractivity contribution in [3.8, 4) is 5.75 Å². The number of carboxylic acid groups (broad SMARTS) is 1. The number of fused-ring (bicyclic) bond motifs is 1. The van der Waals surface area contributed by atoms with Crippen LogP contribution in [0.2, 0.25) is 0 Å². The topological polar surface area (TPSA) is 106 Å². The van der Waals surface area contributed by atoms with Gasteiger partial charge in [-0.15, -0.1) is 0 Å². The number of rotatable bonds is 8. The summed E-state index contributed by atoms with van der Waals surface area (Å²) in [5.41, 5.74) is 0.816. The lowest BCUT2D eigenvalue weighted by atomic mass is 9.99. The summed E-state index contributed by atoms with van der Waals surface area (Å²) in [6.07, 6.45) is 1.32. The van der Waals surface area contributed by atoms with Gasteiger partial charge in [0, 0.05) is 17.5 Å². The fourth-order valence-corrected chi connectivity index (χ4v) is 2.64. The first-order chi connectivity index (χ1) is 12.3. The van der Waals surface area contributed by atoms with Crippen LogP contribution in [0.5, 0.6) is 5.75 Å². The van der Waals surface area contributed by atoms with E-state index in [1.807, 2.05) is 13.8 Å². The highest BCUT2D eigenvalue weighted by atomic mass is 16.5. The van der Waals surface area contributed by atoms with Gasteiger partial charge >= 0.3 is 11.6 Å². The van der Waals surface area contributed by atoms with Crippen molar-refractivity contribution >= 4 is 22.8 Å². The van der Waals surface area contributed by atoms with Crippen LogP contribution in [0.1, 0.15) is 32.8 Å². The van der Waals surface area contributed by atoms with Crippen molar-refractivity contribution in [2.24, 2.45) is 5.92 Å². The van der Waals surface area contributed by atoms with Gasteiger partial charge in [0.1, 0.15) is 17.4 Å². The molecule has 0 saturated heterocycles. The summed E-state index contributed by atoms with van der Waals surface area (Å²) < 4.78 is 10.6. The third kappa shape index (κ3) is 4.62. The van der Waals surface area contributed by atoms with E-state index in [1.165, 1.54) is 6.07 Å². The molecule has 0 saturated carbocycles. The lowest BCUT2D eigenvalue weighted by Crippen LogP contribution is -2.46. The Balaban J connectivity index is 2.08. The van der Waals surface area contributed by atoms with Crippen LogP contribution in [0.4, 0.5) is 0 Å². The van der Waals surface area contributed by atoms with Gasteiger partial charge in [-0.25, -0.2) is 9.59 Å². The minimum Gasteiger partial charge on any atom is -0.484 e. The van der Waals surface area contributed by atoms with E-state index in [2.05, 4.69) is 5.32 Å². The molecule has 0 radical (unpaired) electrons. The minimum absolute atomic E-state index is 0.196. The molecule has 1 heterocycles. The van der Waals surface area contributed by atoms with Crippen molar-refractivity contribution in [1.82, 2.24) is 5.32 Å². The fraction of sp³-hybridized carbons (Fsp3) is 0.421. The zero-order chi connectivity index (χ0) is 19.3. The Labute approximate surface area is 151 Å². The molecule has 0 aliphatic heterocycles. The Kier molecular flexibility index (Phi) is 6.38. The SMILES string of the molecule is CCc1cc(=O)oc2cc(OCC(=O)N[C@@H](C(=O)O)[C@@H](C)CC)ccc12. The molecule has 0 bridgehead atoms. The first-order valence-corrected chi connectivity index (χ1v) is 8.57. The number of carbonyl (C=O) groups is 2. The summed E-state index contributed by atoms with van der Waals surface area (Å²) in [6, 6.07) is 5.49. The number of aryl methyl sites for hydroxylation is 1. The van der Waals surface area contributed by atoms with Gasteiger partial charge in [0.05, 0.1) is 0 Å². The fourth-order valence-electron chi connectivity index (χ4n) is 2.64. The van der Waals surface area contributed by atoms with Crippen molar-refractivity contribution in [3.63, 3.8) is 0 Å². The van der Waals surface area contributed by atoms with Crippen molar-refractivity contribution < 1.29 is 23.8 Å². The molecular formula is C19H23NO6. The van der Waals surface area contributed by atoms with Gasteiger partial charge in [-0.1, -0.05) is 27.2 Å². The van der Waals surface area contributed by atoms with Gasteiger partial charge in [0.2, 0.25) is 0 Å². The highest BCUT2D eigenvalue weighted by Crippen LogP contribution is 2.23. The zero-order valence-corrected chi connectivity index (χ0v) is 15.1. The summed E-state index contributed by atoms with van der Waals surface area (Å²) in [7, 11) is 0. The normalized spacial score (nSPS) is 13.2. The number of nitrogens with one attached hydrogen (secondary N) is 1. The van der Waals surface area contributed by atoms with E-state index >= 15 is 0 Å². The maximum atomic E-state index is 12.0. The van der Waals surface area contributed by atoms with Crippen molar-refractivity contribution in [2.45, 2.75) is 39.7 Å². The molecule has 2 N–H and O–H groups in total. The average molecular weight is 361 g/mol. The van der Waals surface area contributed by atoms with E-state index in [9.17, 15) is 19.5 Å². The van der Waals surface area contributed by atoms with Gasteiger partial charge < -0.3 is 19.6 Å². The van der Waals surface area contributed by atoms with Gasteiger partial charge in [0.25, 0.3) is 5.91 Å². The first kappa shape index (κ1) is 19.5. The van der Waals surface area contributed by atoms with Crippen LogP contribution < -0.4 is 15.7 Å². The van der Waals surface area contributed by atoms with Gasteiger partial charge in [-0.05, 0) is 30.0 Å². The first-order valence-electron chi connectivity index (χ1n) is 8.57. The Morgan fingerprint density at radius 1 is 1.27 bits per heavy atom. The molecule has 2 atom stereocenters. The highest BCUT2D eigenvalue weighted by Gasteiger charge is 2.25. The van der Waals surface area contributed by atoms with E-state index in [0.717, 1.165) is 10.9 Å². The number of carboxylic acids is 1. The second-order valence-corrected chi connectivity index (χ2v) is 6.16. The van der Waals surface area contributed by atoms with Gasteiger partial charge in [0.15, 0.2) is 6.61 Å². The molecule has 0 unspecified atom stereocenters. The molecule has 0 aliphatic rings. The number of carbonyl (C=O) groups excluding carboxylic acids is 1. The van der Waals surface area contributed by atoms with Crippen LogP contribution in [-0.4, -0.2) is 29.6 Å². The quantitative estimate of drug-likeness (QED) is 0.699. The number of hydrogen-bond acceptors (Lipinski definition) is 5. The van der Waals surface area contributed by atoms with E-state index in [1.54, 1.807) is 25.1 Å². The Bertz CT molecular complexity index is 857. The monoisotopic (exact) mass is 361 g/mol. The standard InChI is InChI=1S/C19H23NO6/c1-4-11(3)18(19(23)24)20-16(21)10-25-13-6-7-14-12(5-2)8-17(22)26-15(14)9-13/h6-9,11,18H,4-5,10H2,1-3H3,(H,20,21)(H,23,24)/t11-,18+/m0/s1. The number of benzene rings is 1. The van der Waals surface area contributed by atoms with E-state index < -0.39 is 23.5 Å². The average Bonchev–Trinajstić information content (AvgIpc) is 2.62. The molecule has 2 aromatic rings. The minimum atomic E-state index is -1.08. The molecule has 2 rings (SSSR count). The summed E-state index contributed by atoms with van der Waals surface area (Å²) in [5.74, 6) is -1.44. The Morgan fingerprint density at radius 3 is 2.62 bits per heavy atom. The summed E-state index contributed by atoms with van der Waals surface area (Å²) in [6.45, 7) is 5.23. The predicted octanol–water partition coefficient (Wildman–Crippen LogP) is 2.35. The molecule has 7 nitrogen and oxygen atoms in total. The third-order valence-corrected chi connectivity index (χ3v) is 4.35. The molecule has 1 aromatic heterocycles. The van der Waals surface area contributed by atoms with Gasteiger partial charge in [-0.3, -0.25) is 4.79 Å². The summed E-state index contributed by atoms with van der Waals surface area (Å²) in [5, 5.41) is 12.5. The molecular weight excluding hydrogens is 338 g/mol. The highest BCUT2D eigenvalue weighted by molar-refractivity contribution is 5.85. The predicted molar refractivity (Wildman–Crippen MR) is 96.4 cm³/mol. The molecule has 7 heteroatoms. The van der Waals surface area contributed by atoms with Crippen LogP contribution in [0.25, 0.3) is 11.0 Å². The number of ether oxygens (including phenoxy) is 1. The molecule has 26 heavy (non-hydrogen) atoms. The number of amides is 1. The Hall–Kier alpha value is -2.83. The lowest BCUT2D eigenvalue weighted by molar-refractivity contribution is -0.143. The largest absolute Gasteiger partial charge is 0.484 e.